The standard InChI is InChI=1S/C16H14BrN5O3S/c1-7-11-14(18)19-6-20-16(11)26-13(7)15(24)22-21-5-8-3-9(17)12(23)10(4-8)25-2/h3-6,23H,1-2H3,(H,22,24)(H2,18,19,20)/b21-5-. The summed E-state index contributed by atoms with van der Waals surface area (Å²) in [7, 11) is 1.45. The maximum Gasteiger partial charge on any atom is 0.281 e. The summed E-state index contributed by atoms with van der Waals surface area (Å²) >= 11 is 4.45. The average molecular weight is 436 g/mol. The highest BCUT2D eigenvalue weighted by Gasteiger charge is 2.18. The van der Waals surface area contributed by atoms with Crippen LogP contribution >= 0.6 is 27.3 Å². The summed E-state index contributed by atoms with van der Waals surface area (Å²) in [6.07, 6.45) is 2.81. The number of amides is 1. The third-order valence-electron chi connectivity index (χ3n) is 3.61. The van der Waals surface area contributed by atoms with Gasteiger partial charge in [-0.25, -0.2) is 15.4 Å². The van der Waals surface area contributed by atoms with E-state index in [0.29, 0.717) is 42.3 Å². The second-order valence-corrected chi connectivity index (χ2v) is 7.10. The summed E-state index contributed by atoms with van der Waals surface area (Å²) in [5.41, 5.74) is 9.68. The molecule has 8 nitrogen and oxygen atoms in total. The lowest BCUT2D eigenvalue weighted by Gasteiger charge is -2.06. The summed E-state index contributed by atoms with van der Waals surface area (Å²) in [5.74, 6) is 0.258. The number of rotatable bonds is 4. The zero-order valence-corrected chi connectivity index (χ0v) is 16.2. The fourth-order valence-corrected chi connectivity index (χ4v) is 3.86. The second kappa shape index (κ2) is 7.26. The Morgan fingerprint density at radius 3 is 2.92 bits per heavy atom. The van der Waals surface area contributed by atoms with Crippen LogP contribution in [0.4, 0.5) is 5.82 Å². The molecule has 4 N–H and O–H groups in total. The molecule has 0 bridgehead atoms. The lowest BCUT2D eigenvalue weighted by atomic mass is 10.2. The number of phenolic OH excluding ortho intramolecular Hbond substituents is 1. The summed E-state index contributed by atoms with van der Waals surface area (Å²) in [5, 5.41) is 14.4. The lowest BCUT2D eigenvalue weighted by molar-refractivity contribution is 0.0958. The molecular formula is C16H14BrN5O3S. The number of fused-ring (bicyclic) bond motifs is 1. The van der Waals surface area contributed by atoms with Gasteiger partial charge in [-0.1, -0.05) is 0 Å². The molecule has 0 unspecified atom stereocenters. The monoisotopic (exact) mass is 435 g/mol. The Hall–Kier alpha value is -2.72. The van der Waals surface area contributed by atoms with Crippen LogP contribution in [0.1, 0.15) is 20.8 Å². The second-order valence-electron chi connectivity index (χ2n) is 5.25. The highest BCUT2D eigenvalue weighted by atomic mass is 79.9. The topological polar surface area (TPSA) is 123 Å². The Kier molecular flexibility index (Phi) is 5.05. The molecule has 3 aromatic rings. The predicted molar refractivity (Wildman–Crippen MR) is 104 cm³/mol. The summed E-state index contributed by atoms with van der Waals surface area (Å²) in [4.78, 5) is 21.6. The maximum absolute atomic E-state index is 12.4. The fourth-order valence-electron chi connectivity index (χ4n) is 2.36. The number of nitrogens with two attached hydrogens (primary N) is 1. The number of nitrogen functional groups attached to an aromatic ring is 1. The number of carbonyl (C=O) groups is 1. The van der Waals surface area contributed by atoms with Crippen molar-refractivity contribution in [2.24, 2.45) is 5.10 Å². The number of aromatic nitrogens is 2. The van der Waals surface area contributed by atoms with E-state index in [4.69, 9.17) is 10.5 Å². The first-order valence-electron chi connectivity index (χ1n) is 7.31. The molecular weight excluding hydrogens is 422 g/mol. The van der Waals surface area contributed by atoms with Crippen molar-refractivity contribution in [3.05, 3.63) is 38.9 Å². The number of hydrazone groups is 1. The Balaban J connectivity index is 1.81. The van der Waals surface area contributed by atoms with Crippen LogP contribution in [-0.2, 0) is 0 Å². The number of hydrogen-bond donors (Lipinski definition) is 3. The lowest BCUT2D eigenvalue weighted by Crippen LogP contribution is -2.17. The number of aromatic hydroxyl groups is 1. The molecule has 0 aliphatic carbocycles. The minimum Gasteiger partial charge on any atom is -0.503 e. The quantitative estimate of drug-likeness (QED) is 0.427. The van der Waals surface area contributed by atoms with Gasteiger partial charge in [0.2, 0.25) is 0 Å². The molecule has 1 aromatic carbocycles. The molecule has 1 amide bonds. The molecule has 0 atom stereocenters. The molecule has 0 saturated heterocycles. The highest BCUT2D eigenvalue weighted by Crippen LogP contribution is 2.35. The minimum atomic E-state index is -0.369. The third kappa shape index (κ3) is 3.33. The van der Waals surface area contributed by atoms with Crippen LogP contribution in [0.5, 0.6) is 11.5 Å². The zero-order valence-electron chi connectivity index (χ0n) is 13.8. The number of phenols is 1. The van der Waals surface area contributed by atoms with E-state index in [1.165, 1.54) is 31.0 Å². The first-order chi connectivity index (χ1) is 12.4. The van der Waals surface area contributed by atoms with E-state index in [2.05, 4.69) is 36.4 Å². The van der Waals surface area contributed by atoms with Gasteiger partial charge in [-0.2, -0.15) is 5.10 Å². The first-order valence-corrected chi connectivity index (χ1v) is 8.92. The van der Waals surface area contributed by atoms with Crippen molar-refractivity contribution < 1.29 is 14.6 Å². The molecule has 0 aliphatic rings. The van der Waals surface area contributed by atoms with Crippen molar-refractivity contribution in [1.82, 2.24) is 15.4 Å². The molecule has 2 aromatic heterocycles. The largest absolute Gasteiger partial charge is 0.503 e. The van der Waals surface area contributed by atoms with Crippen LogP contribution in [0, 0.1) is 6.92 Å². The Morgan fingerprint density at radius 1 is 1.46 bits per heavy atom. The van der Waals surface area contributed by atoms with E-state index >= 15 is 0 Å². The average Bonchev–Trinajstić information content (AvgIpc) is 2.96. The number of aryl methyl sites for hydroxylation is 1. The SMILES string of the molecule is COc1cc(/C=N\NC(=O)c2sc3ncnc(N)c3c2C)cc(Br)c1O. The molecule has 0 radical (unpaired) electrons. The number of benzene rings is 1. The number of thiophene rings is 1. The van der Waals surface area contributed by atoms with Crippen molar-refractivity contribution >= 4 is 55.4 Å². The Morgan fingerprint density at radius 2 is 2.23 bits per heavy atom. The fraction of sp³-hybridized carbons (Fsp3) is 0.125. The van der Waals surface area contributed by atoms with Gasteiger partial charge in [-0.3, -0.25) is 4.79 Å². The van der Waals surface area contributed by atoms with Crippen LogP contribution in [0.3, 0.4) is 0 Å². The van der Waals surface area contributed by atoms with E-state index in [1.807, 2.05) is 0 Å². The molecule has 0 fully saturated rings. The number of nitrogens with one attached hydrogen (secondary N) is 1. The Labute approximate surface area is 160 Å². The third-order valence-corrected chi connectivity index (χ3v) is 5.42. The van der Waals surface area contributed by atoms with Gasteiger partial charge in [-0.05, 0) is 46.1 Å². The van der Waals surface area contributed by atoms with Gasteiger partial charge in [-0.15, -0.1) is 11.3 Å². The molecule has 2 heterocycles. The van der Waals surface area contributed by atoms with Crippen molar-refractivity contribution in [1.29, 1.82) is 0 Å². The smallest absolute Gasteiger partial charge is 0.281 e. The van der Waals surface area contributed by atoms with E-state index < -0.39 is 0 Å². The molecule has 10 heteroatoms. The maximum atomic E-state index is 12.4. The van der Waals surface area contributed by atoms with Crippen LogP contribution < -0.4 is 15.9 Å². The molecule has 0 aliphatic heterocycles. The normalized spacial score (nSPS) is 11.2. The number of methoxy groups -OCH3 is 1. The van der Waals surface area contributed by atoms with Gasteiger partial charge in [0.25, 0.3) is 5.91 Å². The van der Waals surface area contributed by atoms with Crippen LogP contribution in [0.2, 0.25) is 0 Å². The molecule has 134 valence electrons. The van der Waals surface area contributed by atoms with Crippen LogP contribution in [0.15, 0.2) is 28.0 Å². The van der Waals surface area contributed by atoms with Crippen molar-refractivity contribution in [2.45, 2.75) is 6.92 Å². The van der Waals surface area contributed by atoms with Gasteiger partial charge in [0.1, 0.15) is 17.0 Å². The summed E-state index contributed by atoms with van der Waals surface area (Å²) in [6.45, 7) is 1.79. The van der Waals surface area contributed by atoms with Crippen molar-refractivity contribution in [3.8, 4) is 11.5 Å². The minimum absolute atomic E-state index is 0.00622. The van der Waals surface area contributed by atoms with Gasteiger partial charge < -0.3 is 15.6 Å². The van der Waals surface area contributed by atoms with E-state index in [-0.39, 0.29) is 11.7 Å². The van der Waals surface area contributed by atoms with Crippen molar-refractivity contribution in [2.75, 3.05) is 12.8 Å². The van der Waals surface area contributed by atoms with Crippen molar-refractivity contribution in [3.63, 3.8) is 0 Å². The zero-order chi connectivity index (χ0) is 18.8. The first kappa shape index (κ1) is 18.1. The molecule has 3 rings (SSSR count). The van der Waals surface area contributed by atoms with Gasteiger partial charge in [0, 0.05) is 0 Å². The number of anilines is 1. The van der Waals surface area contributed by atoms with Gasteiger partial charge in [0.15, 0.2) is 11.5 Å². The number of nitrogens with zero attached hydrogens (tertiary/aromatic N) is 3. The van der Waals surface area contributed by atoms with Crippen LogP contribution in [0.25, 0.3) is 10.2 Å². The van der Waals surface area contributed by atoms with E-state index in [0.717, 1.165) is 0 Å². The number of hydrogen-bond acceptors (Lipinski definition) is 8. The number of ether oxygens (including phenoxy) is 1. The Bertz CT molecular complexity index is 1030. The number of halogens is 1. The molecule has 0 saturated carbocycles. The molecule has 0 spiro atoms. The van der Waals surface area contributed by atoms with E-state index in [1.54, 1.807) is 19.1 Å². The van der Waals surface area contributed by atoms with Gasteiger partial charge >= 0.3 is 0 Å². The molecule has 26 heavy (non-hydrogen) atoms. The van der Waals surface area contributed by atoms with Crippen LogP contribution in [-0.4, -0.2) is 34.3 Å². The summed E-state index contributed by atoms with van der Waals surface area (Å²) in [6, 6.07) is 3.24. The highest BCUT2D eigenvalue weighted by molar-refractivity contribution is 9.10. The van der Waals surface area contributed by atoms with E-state index in [9.17, 15) is 9.90 Å². The van der Waals surface area contributed by atoms with Gasteiger partial charge in [0.05, 0.1) is 28.1 Å². The number of carbonyl (C=O) groups excluding carboxylic acids is 1. The predicted octanol–water partition coefficient (Wildman–Crippen LogP) is 2.82. The summed E-state index contributed by atoms with van der Waals surface area (Å²) < 4.78 is 5.53.